The van der Waals surface area contributed by atoms with Gasteiger partial charge in [-0.25, -0.2) is 0 Å². The summed E-state index contributed by atoms with van der Waals surface area (Å²) in [7, 11) is 0. The second-order valence-electron chi connectivity index (χ2n) is 5.02. The molecule has 2 aliphatic carbocycles. The van der Waals surface area contributed by atoms with E-state index < -0.39 is 0 Å². The second kappa shape index (κ2) is 3.83. The number of aliphatic hydroxyl groups is 1. The monoisotopic (exact) mass is 224 g/mol. The van der Waals surface area contributed by atoms with E-state index in [2.05, 4.69) is 8.75 Å². The lowest BCUT2D eigenvalue weighted by Gasteiger charge is -2.23. The van der Waals surface area contributed by atoms with Crippen LogP contribution >= 0.6 is 11.7 Å². The molecule has 2 bridgehead atoms. The molecule has 0 aliphatic heterocycles. The van der Waals surface area contributed by atoms with E-state index in [1.165, 1.54) is 37.4 Å². The topological polar surface area (TPSA) is 46.0 Å². The number of fused-ring (bicyclic) bond motifs is 2. The van der Waals surface area contributed by atoms with Gasteiger partial charge >= 0.3 is 0 Å². The van der Waals surface area contributed by atoms with Crippen LogP contribution in [0.5, 0.6) is 0 Å². The van der Waals surface area contributed by atoms with Gasteiger partial charge in [0.25, 0.3) is 0 Å². The summed E-state index contributed by atoms with van der Waals surface area (Å²) in [5, 5.41) is 10.0. The summed E-state index contributed by atoms with van der Waals surface area (Å²) in [6, 6.07) is 0. The van der Waals surface area contributed by atoms with E-state index in [4.69, 9.17) is 0 Å². The molecule has 82 valence electrons. The highest BCUT2D eigenvalue weighted by molar-refractivity contribution is 6.99. The van der Waals surface area contributed by atoms with Crippen molar-refractivity contribution in [3.63, 3.8) is 0 Å². The first-order valence-corrected chi connectivity index (χ1v) is 6.51. The lowest BCUT2D eigenvalue weighted by Crippen LogP contribution is -2.14. The molecule has 1 heterocycles. The van der Waals surface area contributed by atoms with Crippen LogP contribution in [0.2, 0.25) is 0 Å². The normalized spacial score (nSPS) is 35.9. The molecule has 15 heavy (non-hydrogen) atoms. The Morgan fingerprint density at radius 1 is 1.47 bits per heavy atom. The summed E-state index contributed by atoms with van der Waals surface area (Å²) >= 11 is 1.18. The SMILES string of the molecule is OC(CC1CC2CCC1C2)c1cnsn1. The van der Waals surface area contributed by atoms with Gasteiger partial charge in [0, 0.05) is 0 Å². The van der Waals surface area contributed by atoms with Gasteiger partial charge in [-0.05, 0) is 43.4 Å². The van der Waals surface area contributed by atoms with Crippen molar-refractivity contribution in [2.75, 3.05) is 0 Å². The molecule has 4 unspecified atom stereocenters. The predicted octanol–water partition coefficient (Wildman–Crippen LogP) is 2.40. The fourth-order valence-corrected chi connectivity index (χ4v) is 3.86. The quantitative estimate of drug-likeness (QED) is 0.857. The van der Waals surface area contributed by atoms with E-state index in [9.17, 15) is 5.11 Å². The lowest BCUT2D eigenvalue weighted by atomic mass is 9.84. The van der Waals surface area contributed by atoms with Gasteiger partial charge in [0.2, 0.25) is 0 Å². The molecule has 0 aromatic carbocycles. The molecule has 0 amide bonds. The van der Waals surface area contributed by atoms with Crippen LogP contribution in [0.25, 0.3) is 0 Å². The smallest absolute Gasteiger partial charge is 0.103 e. The van der Waals surface area contributed by atoms with Gasteiger partial charge in [-0.3, -0.25) is 0 Å². The van der Waals surface area contributed by atoms with Crippen molar-refractivity contribution in [2.45, 2.75) is 38.2 Å². The molecule has 2 saturated carbocycles. The zero-order valence-corrected chi connectivity index (χ0v) is 9.49. The Balaban J connectivity index is 1.62. The summed E-state index contributed by atoms with van der Waals surface area (Å²) in [5.74, 6) is 2.58. The molecular formula is C11H16N2OS. The number of nitrogens with zero attached hydrogens (tertiary/aromatic N) is 2. The van der Waals surface area contributed by atoms with Crippen LogP contribution in [-0.2, 0) is 0 Å². The number of aliphatic hydroxyl groups excluding tert-OH is 1. The Kier molecular flexibility index (Phi) is 2.48. The highest BCUT2D eigenvalue weighted by Crippen LogP contribution is 2.50. The first kappa shape index (κ1) is 9.73. The third kappa shape index (κ3) is 1.81. The second-order valence-corrected chi connectivity index (χ2v) is 5.58. The highest BCUT2D eigenvalue weighted by Gasteiger charge is 2.40. The molecule has 1 aromatic rings. The van der Waals surface area contributed by atoms with E-state index in [-0.39, 0.29) is 6.10 Å². The van der Waals surface area contributed by atoms with Crippen LogP contribution in [0.1, 0.15) is 43.9 Å². The summed E-state index contributed by atoms with van der Waals surface area (Å²) in [6.45, 7) is 0. The van der Waals surface area contributed by atoms with Crippen molar-refractivity contribution < 1.29 is 5.11 Å². The van der Waals surface area contributed by atoms with Gasteiger partial charge in [-0.1, -0.05) is 6.42 Å². The summed E-state index contributed by atoms with van der Waals surface area (Å²) in [4.78, 5) is 0. The zero-order valence-electron chi connectivity index (χ0n) is 8.67. The van der Waals surface area contributed by atoms with Gasteiger partial charge in [0.05, 0.1) is 24.0 Å². The fraction of sp³-hybridized carbons (Fsp3) is 0.818. The van der Waals surface area contributed by atoms with Crippen molar-refractivity contribution >= 4 is 11.7 Å². The maximum absolute atomic E-state index is 10.0. The number of hydrogen-bond donors (Lipinski definition) is 1. The Hall–Kier alpha value is -0.480. The maximum atomic E-state index is 10.0. The molecule has 4 heteroatoms. The minimum absolute atomic E-state index is 0.381. The minimum atomic E-state index is -0.381. The number of hydrogen-bond acceptors (Lipinski definition) is 4. The molecule has 0 spiro atoms. The van der Waals surface area contributed by atoms with Crippen LogP contribution in [0.4, 0.5) is 0 Å². The fourth-order valence-electron chi connectivity index (χ4n) is 3.39. The third-order valence-electron chi connectivity index (χ3n) is 4.13. The molecule has 1 aromatic heterocycles. The minimum Gasteiger partial charge on any atom is -0.387 e. The number of rotatable bonds is 3. The van der Waals surface area contributed by atoms with Crippen LogP contribution in [0.3, 0.4) is 0 Å². The van der Waals surface area contributed by atoms with E-state index in [0.29, 0.717) is 0 Å². The average Bonchev–Trinajstić information content (AvgIpc) is 2.95. The van der Waals surface area contributed by atoms with Gasteiger partial charge in [0.1, 0.15) is 5.69 Å². The van der Waals surface area contributed by atoms with Gasteiger partial charge < -0.3 is 5.11 Å². The molecule has 3 rings (SSSR count). The van der Waals surface area contributed by atoms with Crippen molar-refractivity contribution in [2.24, 2.45) is 17.8 Å². The molecule has 3 nitrogen and oxygen atoms in total. The summed E-state index contributed by atoms with van der Waals surface area (Å²) in [6.07, 6.45) is 7.77. The largest absolute Gasteiger partial charge is 0.387 e. The molecule has 2 aliphatic rings. The number of aromatic nitrogens is 2. The van der Waals surface area contributed by atoms with Crippen molar-refractivity contribution in [1.29, 1.82) is 0 Å². The van der Waals surface area contributed by atoms with Gasteiger partial charge in [-0.2, -0.15) is 8.75 Å². The Labute approximate surface area is 93.9 Å². The maximum Gasteiger partial charge on any atom is 0.103 e. The molecule has 0 radical (unpaired) electrons. The van der Waals surface area contributed by atoms with Crippen LogP contribution < -0.4 is 0 Å². The van der Waals surface area contributed by atoms with Crippen LogP contribution in [0.15, 0.2) is 6.20 Å². The van der Waals surface area contributed by atoms with Crippen LogP contribution in [-0.4, -0.2) is 13.9 Å². The van der Waals surface area contributed by atoms with Gasteiger partial charge in [-0.15, -0.1) is 0 Å². The highest BCUT2D eigenvalue weighted by atomic mass is 32.1. The molecule has 1 N–H and O–H groups in total. The molecule has 4 atom stereocenters. The predicted molar refractivity (Wildman–Crippen MR) is 58.4 cm³/mol. The third-order valence-corrected chi connectivity index (χ3v) is 4.62. The van der Waals surface area contributed by atoms with Crippen molar-refractivity contribution in [1.82, 2.24) is 8.75 Å². The van der Waals surface area contributed by atoms with E-state index in [1.54, 1.807) is 6.20 Å². The van der Waals surface area contributed by atoms with Gasteiger partial charge in [0.15, 0.2) is 0 Å². The standard InChI is InChI=1S/C11H16N2OS/c14-11(10-6-12-15-13-10)5-9-4-7-1-2-8(9)3-7/h6-9,11,14H,1-5H2. The molecule has 2 fully saturated rings. The Morgan fingerprint density at radius 3 is 3.00 bits per heavy atom. The van der Waals surface area contributed by atoms with Crippen molar-refractivity contribution in [3.05, 3.63) is 11.9 Å². The Morgan fingerprint density at radius 2 is 2.40 bits per heavy atom. The lowest BCUT2D eigenvalue weighted by molar-refractivity contribution is 0.122. The molecule has 0 saturated heterocycles. The van der Waals surface area contributed by atoms with E-state index >= 15 is 0 Å². The Bertz CT molecular complexity index is 327. The summed E-state index contributed by atoms with van der Waals surface area (Å²) < 4.78 is 8.04. The molecular weight excluding hydrogens is 208 g/mol. The zero-order chi connectivity index (χ0) is 10.3. The summed E-state index contributed by atoms with van der Waals surface area (Å²) in [5.41, 5.74) is 0.766. The first-order valence-electron chi connectivity index (χ1n) is 5.78. The van der Waals surface area contributed by atoms with E-state index in [1.807, 2.05) is 0 Å². The average molecular weight is 224 g/mol. The van der Waals surface area contributed by atoms with Crippen molar-refractivity contribution in [3.8, 4) is 0 Å². The van der Waals surface area contributed by atoms with Crippen LogP contribution in [0, 0.1) is 17.8 Å². The van der Waals surface area contributed by atoms with E-state index in [0.717, 1.165) is 29.9 Å². The first-order chi connectivity index (χ1) is 7.33.